The van der Waals surface area contributed by atoms with E-state index in [9.17, 15) is 5.21 Å². The van der Waals surface area contributed by atoms with Gasteiger partial charge in [-0.2, -0.15) is 4.74 Å². The lowest BCUT2D eigenvalue weighted by atomic mass is 10.0. The molecule has 1 aromatic carbocycles. The third-order valence-corrected chi connectivity index (χ3v) is 3.17. The minimum atomic E-state index is -0.670. The molecule has 0 radical (unpaired) electrons. The molecule has 5 nitrogen and oxygen atoms in total. The fourth-order valence-corrected chi connectivity index (χ4v) is 2.19. The summed E-state index contributed by atoms with van der Waals surface area (Å²) in [6.45, 7) is 5.48. The van der Waals surface area contributed by atoms with Gasteiger partial charge in [0, 0.05) is 26.8 Å². The normalized spacial score (nSPS) is 16.9. The van der Waals surface area contributed by atoms with E-state index in [1.165, 1.54) is 0 Å². The number of hydrogen-bond donors (Lipinski definition) is 1. The average molecular weight is 250 g/mol. The number of ether oxygens (including phenoxy) is 2. The first-order valence-corrected chi connectivity index (χ1v) is 5.76. The van der Waals surface area contributed by atoms with E-state index in [4.69, 9.17) is 9.47 Å². The third-order valence-electron chi connectivity index (χ3n) is 3.17. The van der Waals surface area contributed by atoms with Crippen LogP contribution in [0.4, 0.5) is 5.69 Å². The molecule has 0 spiro atoms. The number of nitrogens with one attached hydrogen (secondary N) is 1. The van der Waals surface area contributed by atoms with E-state index in [1.807, 2.05) is 26.0 Å². The molecular weight excluding hydrogens is 232 g/mol. The van der Waals surface area contributed by atoms with Crippen molar-refractivity contribution in [3.05, 3.63) is 22.9 Å². The topological polar surface area (TPSA) is 56.6 Å². The summed E-state index contributed by atoms with van der Waals surface area (Å²) in [5.74, 6) is 1.26. The number of benzene rings is 1. The Morgan fingerprint density at radius 2 is 1.72 bits per heavy atom. The summed E-state index contributed by atoms with van der Waals surface area (Å²) in [5, 5.41) is 15.3. The number of hydrogen-bond acceptors (Lipinski definition) is 4. The van der Waals surface area contributed by atoms with Crippen LogP contribution in [0.2, 0.25) is 0 Å². The van der Waals surface area contributed by atoms with E-state index in [-0.39, 0.29) is 0 Å². The average Bonchev–Trinajstić information content (AvgIpc) is 2.34. The molecule has 5 heteroatoms. The summed E-state index contributed by atoms with van der Waals surface area (Å²) >= 11 is 0. The Bertz CT molecular complexity index is 521. The molecule has 2 rings (SSSR count). The quantitative estimate of drug-likeness (QED) is 0.645. The predicted molar refractivity (Wildman–Crippen MR) is 70.7 cm³/mol. The van der Waals surface area contributed by atoms with Crippen LogP contribution in [0.5, 0.6) is 11.5 Å². The highest BCUT2D eigenvalue weighted by molar-refractivity contribution is 6.02. The summed E-state index contributed by atoms with van der Waals surface area (Å²) < 4.78 is 11.5. The van der Waals surface area contributed by atoms with Crippen LogP contribution in [0.15, 0.2) is 12.1 Å². The molecule has 1 aliphatic heterocycles. The van der Waals surface area contributed by atoms with Crippen molar-refractivity contribution in [2.75, 3.05) is 19.5 Å². The van der Waals surface area contributed by atoms with Crippen LogP contribution in [0.3, 0.4) is 0 Å². The maximum absolute atomic E-state index is 12.1. The molecule has 0 fully saturated rings. The van der Waals surface area contributed by atoms with Crippen molar-refractivity contribution in [2.24, 2.45) is 0 Å². The molecule has 1 aromatic rings. The molecule has 0 bridgehead atoms. The highest BCUT2D eigenvalue weighted by Gasteiger charge is 2.35. The monoisotopic (exact) mass is 250 g/mol. The molecule has 1 heterocycles. The zero-order chi connectivity index (χ0) is 13.5. The molecule has 0 aliphatic carbocycles. The molecule has 0 amide bonds. The van der Waals surface area contributed by atoms with Gasteiger partial charge in [-0.05, 0) is 6.07 Å². The maximum atomic E-state index is 12.1. The lowest BCUT2D eigenvalue weighted by Crippen LogP contribution is -2.46. The summed E-state index contributed by atoms with van der Waals surface area (Å²) in [4.78, 5) is 0. The van der Waals surface area contributed by atoms with Gasteiger partial charge in [0.2, 0.25) is 5.66 Å². The Balaban J connectivity index is 2.65. The van der Waals surface area contributed by atoms with Gasteiger partial charge >= 0.3 is 0 Å². The van der Waals surface area contributed by atoms with Crippen LogP contribution in [0.25, 0.3) is 0 Å². The summed E-state index contributed by atoms with van der Waals surface area (Å²) in [6.07, 6.45) is 0. The van der Waals surface area contributed by atoms with Crippen molar-refractivity contribution in [2.45, 2.75) is 26.4 Å². The highest BCUT2D eigenvalue weighted by Crippen LogP contribution is 2.37. The Labute approximate surface area is 107 Å². The van der Waals surface area contributed by atoms with Gasteiger partial charge in [0.15, 0.2) is 17.2 Å². The highest BCUT2D eigenvalue weighted by atomic mass is 16.5. The first-order valence-electron chi connectivity index (χ1n) is 5.76. The molecule has 0 saturated heterocycles. The third kappa shape index (κ3) is 1.75. The summed E-state index contributed by atoms with van der Waals surface area (Å²) in [6, 6.07) is 3.67. The first-order chi connectivity index (χ1) is 8.40. The maximum Gasteiger partial charge on any atom is 0.240 e. The van der Waals surface area contributed by atoms with Gasteiger partial charge in [0.05, 0.1) is 25.5 Å². The van der Waals surface area contributed by atoms with Gasteiger partial charge in [0.1, 0.15) is 0 Å². The molecule has 0 unspecified atom stereocenters. The molecular formula is C13H18N2O3. The minimum Gasteiger partial charge on any atom is -0.622 e. The second-order valence-electron chi connectivity index (χ2n) is 4.82. The van der Waals surface area contributed by atoms with Gasteiger partial charge in [-0.3, -0.25) is 0 Å². The van der Waals surface area contributed by atoms with Crippen LogP contribution in [-0.4, -0.2) is 30.3 Å². The smallest absolute Gasteiger partial charge is 0.240 e. The lowest BCUT2D eigenvalue weighted by molar-refractivity contribution is -0.533. The van der Waals surface area contributed by atoms with E-state index in [2.05, 4.69) is 5.32 Å². The van der Waals surface area contributed by atoms with E-state index in [0.29, 0.717) is 17.2 Å². The summed E-state index contributed by atoms with van der Waals surface area (Å²) in [7, 11) is 3.17. The molecule has 98 valence electrons. The van der Waals surface area contributed by atoms with Crippen LogP contribution in [0, 0.1) is 5.21 Å². The Kier molecular flexibility index (Phi) is 2.84. The standard InChI is InChI=1S/C13H18N2O3/c1-8-9-6-11(17-4)12(18-5)7-10(9)14-13(2,3)15(8)16/h6-7,14H,1-5H3. The van der Waals surface area contributed by atoms with Gasteiger partial charge < -0.3 is 20.0 Å². The number of anilines is 1. The Hall–Kier alpha value is -1.91. The molecule has 0 atom stereocenters. The number of fused-ring (bicyclic) bond motifs is 1. The van der Waals surface area contributed by atoms with E-state index in [1.54, 1.807) is 21.1 Å². The van der Waals surface area contributed by atoms with Gasteiger partial charge in [-0.1, -0.05) is 0 Å². The van der Waals surface area contributed by atoms with Crippen molar-refractivity contribution in [1.29, 1.82) is 0 Å². The van der Waals surface area contributed by atoms with Crippen molar-refractivity contribution in [1.82, 2.24) is 0 Å². The van der Waals surface area contributed by atoms with Gasteiger partial charge in [-0.25, -0.2) is 0 Å². The van der Waals surface area contributed by atoms with Crippen molar-refractivity contribution < 1.29 is 14.2 Å². The fourth-order valence-electron chi connectivity index (χ4n) is 2.19. The zero-order valence-corrected chi connectivity index (χ0v) is 11.3. The van der Waals surface area contributed by atoms with E-state index < -0.39 is 5.66 Å². The number of hydroxylamine groups is 1. The Morgan fingerprint density at radius 1 is 1.17 bits per heavy atom. The van der Waals surface area contributed by atoms with Crippen molar-refractivity contribution >= 4 is 11.4 Å². The largest absolute Gasteiger partial charge is 0.622 e. The molecule has 0 aromatic heterocycles. The minimum absolute atomic E-state index is 0.616. The summed E-state index contributed by atoms with van der Waals surface area (Å²) in [5.41, 5.74) is 1.70. The van der Waals surface area contributed by atoms with Crippen molar-refractivity contribution in [3.63, 3.8) is 0 Å². The fraction of sp³-hybridized carbons (Fsp3) is 0.462. The second kappa shape index (κ2) is 4.08. The van der Waals surface area contributed by atoms with Crippen LogP contribution < -0.4 is 14.8 Å². The van der Waals surface area contributed by atoms with Crippen molar-refractivity contribution in [3.8, 4) is 11.5 Å². The number of methoxy groups -OCH3 is 2. The number of rotatable bonds is 2. The molecule has 1 N–H and O–H groups in total. The first kappa shape index (κ1) is 12.5. The number of nitrogens with zero attached hydrogens (tertiary/aromatic N) is 1. The van der Waals surface area contributed by atoms with E-state index in [0.717, 1.165) is 16.0 Å². The van der Waals surface area contributed by atoms with Gasteiger partial charge in [-0.15, -0.1) is 0 Å². The van der Waals surface area contributed by atoms with Gasteiger partial charge in [0.25, 0.3) is 0 Å². The molecule has 1 aliphatic rings. The SMILES string of the molecule is COc1cc2c(cc1OC)C(C)=[N+]([O-])C(C)(C)N2. The van der Waals surface area contributed by atoms with Crippen LogP contribution in [0.1, 0.15) is 26.3 Å². The molecule has 0 saturated carbocycles. The lowest BCUT2D eigenvalue weighted by Gasteiger charge is -2.33. The predicted octanol–water partition coefficient (Wildman–Crippen LogP) is 2.18. The van der Waals surface area contributed by atoms with Crippen LogP contribution in [-0.2, 0) is 0 Å². The molecule has 18 heavy (non-hydrogen) atoms. The van der Waals surface area contributed by atoms with E-state index >= 15 is 0 Å². The Morgan fingerprint density at radius 3 is 2.28 bits per heavy atom. The van der Waals surface area contributed by atoms with Crippen LogP contribution >= 0.6 is 0 Å². The zero-order valence-electron chi connectivity index (χ0n) is 11.3. The second-order valence-corrected chi connectivity index (χ2v) is 4.82.